The van der Waals surface area contributed by atoms with Gasteiger partial charge in [-0.1, -0.05) is 23.4 Å². The van der Waals surface area contributed by atoms with E-state index in [1.54, 1.807) is 30.3 Å². The molecule has 1 aliphatic rings. The SMILES string of the molecule is CN(NC(=O)c1ccccc1)OC(=O)c1cnc(OCC(F)(F)F)c(C2CCOCC2)c1. The van der Waals surface area contributed by atoms with Crippen molar-refractivity contribution in [3.63, 3.8) is 0 Å². The fourth-order valence-electron chi connectivity index (χ4n) is 3.15. The van der Waals surface area contributed by atoms with Gasteiger partial charge in [-0.25, -0.2) is 9.78 Å². The van der Waals surface area contributed by atoms with Crippen molar-refractivity contribution in [2.75, 3.05) is 26.9 Å². The number of carbonyl (C=O) groups excluding carboxylic acids is 2. The maximum absolute atomic E-state index is 12.6. The summed E-state index contributed by atoms with van der Waals surface area (Å²) >= 11 is 0. The van der Waals surface area contributed by atoms with E-state index in [0.717, 1.165) is 11.4 Å². The molecule has 0 atom stereocenters. The van der Waals surface area contributed by atoms with Gasteiger partial charge in [-0.3, -0.25) is 10.2 Å². The van der Waals surface area contributed by atoms with Crippen LogP contribution < -0.4 is 10.2 Å². The second-order valence-corrected chi connectivity index (χ2v) is 7.09. The molecule has 11 heteroatoms. The van der Waals surface area contributed by atoms with E-state index in [9.17, 15) is 22.8 Å². The van der Waals surface area contributed by atoms with Crippen molar-refractivity contribution in [2.45, 2.75) is 24.9 Å². The third kappa shape index (κ3) is 6.66. The minimum atomic E-state index is -4.52. The predicted molar refractivity (Wildman–Crippen MR) is 106 cm³/mol. The summed E-state index contributed by atoms with van der Waals surface area (Å²) < 4.78 is 48.0. The summed E-state index contributed by atoms with van der Waals surface area (Å²) in [5.74, 6) is -1.69. The fourth-order valence-corrected chi connectivity index (χ4v) is 3.15. The molecule has 0 saturated carbocycles. The van der Waals surface area contributed by atoms with Crippen LogP contribution >= 0.6 is 0 Å². The molecule has 3 rings (SSSR count). The van der Waals surface area contributed by atoms with Gasteiger partial charge >= 0.3 is 12.1 Å². The number of halogens is 3. The van der Waals surface area contributed by atoms with Gasteiger partial charge in [-0.2, -0.15) is 13.2 Å². The average molecular weight is 453 g/mol. The zero-order valence-electron chi connectivity index (χ0n) is 17.2. The molecule has 8 nitrogen and oxygen atoms in total. The zero-order chi connectivity index (χ0) is 23.1. The van der Waals surface area contributed by atoms with Gasteiger partial charge in [0.25, 0.3) is 5.91 Å². The highest BCUT2D eigenvalue weighted by Crippen LogP contribution is 2.34. The molecule has 0 spiro atoms. The number of amides is 1. The highest BCUT2D eigenvalue weighted by atomic mass is 19.4. The van der Waals surface area contributed by atoms with Crippen LogP contribution in [0.4, 0.5) is 13.2 Å². The molecule has 1 saturated heterocycles. The number of nitrogens with one attached hydrogen (secondary N) is 1. The van der Waals surface area contributed by atoms with Crippen LogP contribution in [0.3, 0.4) is 0 Å². The van der Waals surface area contributed by atoms with Crippen LogP contribution in [-0.4, -0.2) is 55.1 Å². The number of nitrogens with zero attached hydrogens (tertiary/aromatic N) is 2. The van der Waals surface area contributed by atoms with Crippen LogP contribution in [0.1, 0.15) is 45.0 Å². The van der Waals surface area contributed by atoms with Gasteiger partial charge in [0.1, 0.15) is 0 Å². The van der Waals surface area contributed by atoms with E-state index < -0.39 is 24.7 Å². The third-order valence-corrected chi connectivity index (χ3v) is 4.66. The topological polar surface area (TPSA) is 90.0 Å². The molecule has 2 heterocycles. The molecule has 0 unspecified atom stereocenters. The molecule has 1 fully saturated rings. The van der Waals surface area contributed by atoms with E-state index >= 15 is 0 Å². The lowest BCUT2D eigenvalue weighted by Gasteiger charge is -2.24. The number of hydroxylamine groups is 1. The summed E-state index contributed by atoms with van der Waals surface area (Å²) in [5.41, 5.74) is 3.14. The molecule has 172 valence electrons. The Morgan fingerprint density at radius 1 is 1.19 bits per heavy atom. The highest BCUT2D eigenvalue weighted by Gasteiger charge is 2.30. The first-order valence-electron chi connectivity index (χ1n) is 9.82. The number of carbonyl (C=O) groups is 2. The Bertz CT molecular complexity index is 934. The van der Waals surface area contributed by atoms with Crippen LogP contribution in [0.25, 0.3) is 0 Å². The number of hydrogen-bond acceptors (Lipinski definition) is 7. The van der Waals surface area contributed by atoms with E-state index in [1.165, 1.54) is 13.1 Å². The lowest BCUT2D eigenvalue weighted by molar-refractivity contribution is -0.154. The van der Waals surface area contributed by atoms with Crippen molar-refractivity contribution in [2.24, 2.45) is 0 Å². The standard InChI is InChI=1S/C21H22F3N3O5/c1-27(26-18(28)15-5-3-2-4-6-15)32-20(29)16-11-17(14-7-9-30-10-8-14)19(25-12-16)31-13-21(22,23)24/h2-6,11-12,14H,7-10,13H2,1H3,(H,26,28). The Hall–Kier alpha value is -3.18. The van der Waals surface area contributed by atoms with Crippen LogP contribution in [0.15, 0.2) is 42.6 Å². The number of aromatic nitrogens is 1. The van der Waals surface area contributed by atoms with Crippen molar-refractivity contribution in [3.05, 3.63) is 59.3 Å². The maximum Gasteiger partial charge on any atom is 0.422 e. The van der Waals surface area contributed by atoms with Crippen molar-refractivity contribution in [1.82, 2.24) is 15.6 Å². The van der Waals surface area contributed by atoms with Crippen LogP contribution in [0, 0.1) is 0 Å². The summed E-state index contributed by atoms with van der Waals surface area (Å²) in [5, 5.41) is 0.847. The second-order valence-electron chi connectivity index (χ2n) is 7.09. The predicted octanol–water partition coefficient (Wildman–Crippen LogP) is 3.27. The van der Waals surface area contributed by atoms with Crippen molar-refractivity contribution in [3.8, 4) is 5.88 Å². The number of ether oxygens (including phenoxy) is 2. The van der Waals surface area contributed by atoms with Crippen molar-refractivity contribution >= 4 is 11.9 Å². The van der Waals surface area contributed by atoms with Gasteiger partial charge in [-0.15, -0.1) is 0 Å². The van der Waals surface area contributed by atoms with Crippen molar-refractivity contribution in [1.29, 1.82) is 0 Å². The second kappa shape index (κ2) is 10.4. The molecule has 1 amide bonds. The highest BCUT2D eigenvalue weighted by molar-refractivity contribution is 5.94. The first-order valence-corrected chi connectivity index (χ1v) is 9.82. The smallest absolute Gasteiger partial charge is 0.422 e. The molecule has 32 heavy (non-hydrogen) atoms. The molecule has 2 aromatic rings. The zero-order valence-corrected chi connectivity index (χ0v) is 17.2. The van der Waals surface area contributed by atoms with Gasteiger partial charge in [-0.05, 0) is 37.0 Å². The monoisotopic (exact) mass is 453 g/mol. The quantitative estimate of drug-likeness (QED) is 0.644. The molecular weight excluding hydrogens is 431 g/mol. The molecule has 1 aliphatic heterocycles. The van der Waals surface area contributed by atoms with E-state index in [-0.39, 0.29) is 17.4 Å². The largest absolute Gasteiger partial charge is 0.468 e. The minimum absolute atomic E-state index is 0.00617. The van der Waals surface area contributed by atoms with Crippen LogP contribution in [0.2, 0.25) is 0 Å². The van der Waals surface area contributed by atoms with E-state index in [0.29, 0.717) is 37.2 Å². The summed E-state index contributed by atoms with van der Waals surface area (Å²) in [4.78, 5) is 33.7. The molecule has 1 aromatic heterocycles. The Balaban J connectivity index is 1.71. The lowest BCUT2D eigenvalue weighted by atomic mass is 9.91. The maximum atomic E-state index is 12.6. The van der Waals surface area contributed by atoms with Crippen LogP contribution in [0.5, 0.6) is 5.88 Å². The average Bonchev–Trinajstić information content (AvgIpc) is 2.78. The number of hydrazine groups is 1. The Labute approximate surface area is 182 Å². The number of alkyl halides is 3. The Kier molecular flexibility index (Phi) is 7.65. The number of rotatable bonds is 7. The molecular formula is C21H22F3N3O5. The van der Waals surface area contributed by atoms with Gasteiger partial charge < -0.3 is 14.3 Å². The Morgan fingerprint density at radius 2 is 1.88 bits per heavy atom. The fraction of sp³-hybridized carbons (Fsp3) is 0.381. The first-order chi connectivity index (χ1) is 15.2. The molecule has 1 N–H and O–H groups in total. The lowest BCUT2D eigenvalue weighted by Crippen LogP contribution is -2.40. The summed E-state index contributed by atoms with van der Waals surface area (Å²) in [6, 6.07) is 9.72. The summed E-state index contributed by atoms with van der Waals surface area (Å²) in [6.45, 7) is -0.618. The van der Waals surface area contributed by atoms with Gasteiger partial charge in [0, 0.05) is 37.6 Å². The van der Waals surface area contributed by atoms with E-state index in [1.807, 2.05) is 0 Å². The van der Waals surface area contributed by atoms with Gasteiger partial charge in [0.15, 0.2) is 6.61 Å². The third-order valence-electron chi connectivity index (χ3n) is 4.66. The molecule has 1 aromatic carbocycles. The minimum Gasteiger partial charge on any atom is -0.468 e. The Morgan fingerprint density at radius 3 is 2.53 bits per heavy atom. The number of pyridine rings is 1. The van der Waals surface area contributed by atoms with E-state index in [2.05, 4.69) is 10.4 Å². The molecule has 0 aliphatic carbocycles. The number of benzene rings is 1. The van der Waals surface area contributed by atoms with E-state index in [4.69, 9.17) is 14.3 Å². The van der Waals surface area contributed by atoms with Gasteiger partial charge in [0.05, 0.1) is 5.56 Å². The molecule has 0 bridgehead atoms. The van der Waals surface area contributed by atoms with Crippen molar-refractivity contribution < 1.29 is 37.1 Å². The first kappa shape index (κ1) is 23.5. The van der Waals surface area contributed by atoms with Crippen LogP contribution in [-0.2, 0) is 9.57 Å². The normalized spacial score (nSPS) is 14.8. The summed E-state index contributed by atoms with van der Waals surface area (Å²) in [6.07, 6.45) is -2.35. The number of hydrogen-bond donors (Lipinski definition) is 1. The van der Waals surface area contributed by atoms with Gasteiger partial charge in [0.2, 0.25) is 5.88 Å². The molecule has 0 radical (unpaired) electrons. The summed E-state index contributed by atoms with van der Waals surface area (Å²) in [7, 11) is 1.33.